The van der Waals surface area contributed by atoms with E-state index in [0.717, 1.165) is 23.5 Å². The fraction of sp³-hybridized carbons (Fsp3) is 0.467. The minimum Gasteiger partial charge on any atom is -0.355 e. The Hall–Kier alpha value is -1.24. The zero-order valence-electron chi connectivity index (χ0n) is 13.1. The van der Waals surface area contributed by atoms with E-state index >= 15 is 0 Å². The van der Waals surface area contributed by atoms with Gasteiger partial charge >= 0.3 is 0 Å². The monoisotopic (exact) mass is 345 g/mol. The Bertz CT molecular complexity index is 468. The SMILES string of the molecule is CNCCCNC(=O)C(C)Sc1ccc(NC(C)=O)cc1.Cl. The first-order valence-corrected chi connectivity index (χ1v) is 7.87. The van der Waals surface area contributed by atoms with Crippen molar-refractivity contribution in [3.63, 3.8) is 0 Å². The Kier molecular flexibility index (Phi) is 10.7. The summed E-state index contributed by atoms with van der Waals surface area (Å²) in [7, 11) is 1.89. The van der Waals surface area contributed by atoms with Crippen LogP contribution < -0.4 is 16.0 Å². The average Bonchev–Trinajstić information content (AvgIpc) is 2.45. The van der Waals surface area contributed by atoms with Gasteiger partial charge in [-0.3, -0.25) is 9.59 Å². The van der Waals surface area contributed by atoms with Crippen LogP contribution in [0, 0.1) is 0 Å². The fourth-order valence-electron chi connectivity index (χ4n) is 1.70. The van der Waals surface area contributed by atoms with Gasteiger partial charge in [-0.25, -0.2) is 0 Å². The molecule has 0 aromatic heterocycles. The van der Waals surface area contributed by atoms with E-state index in [1.54, 1.807) is 0 Å². The van der Waals surface area contributed by atoms with Crippen LogP contribution in [0.4, 0.5) is 5.69 Å². The number of carbonyl (C=O) groups excluding carboxylic acids is 2. The van der Waals surface area contributed by atoms with E-state index < -0.39 is 0 Å². The van der Waals surface area contributed by atoms with Crippen molar-refractivity contribution in [2.24, 2.45) is 0 Å². The number of nitrogens with one attached hydrogen (secondary N) is 3. The summed E-state index contributed by atoms with van der Waals surface area (Å²) in [6, 6.07) is 7.48. The van der Waals surface area contributed by atoms with E-state index in [4.69, 9.17) is 0 Å². The molecular weight excluding hydrogens is 322 g/mol. The topological polar surface area (TPSA) is 70.2 Å². The predicted octanol–water partition coefficient (Wildman–Crippen LogP) is 2.27. The number of hydrogen-bond donors (Lipinski definition) is 3. The Morgan fingerprint density at radius 3 is 2.36 bits per heavy atom. The third kappa shape index (κ3) is 8.26. The third-order valence-corrected chi connectivity index (χ3v) is 3.87. The van der Waals surface area contributed by atoms with E-state index in [2.05, 4.69) is 16.0 Å². The molecule has 1 aromatic carbocycles. The molecule has 7 heteroatoms. The van der Waals surface area contributed by atoms with E-state index in [9.17, 15) is 9.59 Å². The molecule has 0 saturated carbocycles. The fourth-order valence-corrected chi connectivity index (χ4v) is 2.59. The third-order valence-electron chi connectivity index (χ3n) is 2.76. The summed E-state index contributed by atoms with van der Waals surface area (Å²) in [4.78, 5) is 23.9. The molecule has 0 radical (unpaired) electrons. The van der Waals surface area contributed by atoms with Crippen LogP contribution in [0.2, 0.25) is 0 Å². The Morgan fingerprint density at radius 1 is 1.18 bits per heavy atom. The second-order valence-corrected chi connectivity index (χ2v) is 6.13. The first-order chi connectivity index (χ1) is 10.0. The first kappa shape index (κ1) is 20.8. The van der Waals surface area contributed by atoms with Crippen molar-refractivity contribution >= 4 is 41.7 Å². The smallest absolute Gasteiger partial charge is 0.233 e. The maximum atomic E-state index is 11.9. The van der Waals surface area contributed by atoms with Crippen LogP contribution in [0.1, 0.15) is 20.3 Å². The van der Waals surface area contributed by atoms with Gasteiger partial charge in [0.05, 0.1) is 5.25 Å². The van der Waals surface area contributed by atoms with Crippen molar-refractivity contribution in [3.05, 3.63) is 24.3 Å². The normalized spacial score (nSPS) is 11.2. The molecule has 0 aliphatic rings. The largest absolute Gasteiger partial charge is 0.355 e. The number of halogens is 1. The molecule has 0 saturated heterocycles. The van der Waals surface area contributed by atoms with E-state index in [1.807, 2.05) is 38.2 Å². The minimum atomic E-state index is -0.147. The van der Waals surface area contributed by atoms with E-state index in [0.29, 0.717) is 6.54 Å². The Labute approximate surface area is 142 Å². The molecule has 5 nitrogen and oxygen atoms in total. The summed E-state index contributed by atoms with van der Waals surface area (Å²) in [5, 5.41) is 8.53. The van der Waals surface area contributed by atoms with Gasteiger partial charge in [-0.05, 0) is 51.2 Å². The molecular formula is C15H24ClN3O2S. The first-order valence-electron chi connectivity index (χ1n) is 6.99. The molecule has 0 heterocycles. The molecule has 1 unspecified atom stereocenters. The van der Waals surface area contributed by atoms with Gasteiger partial charge < -0.3 is 16.0 Å². The van der Waals surface area contributed by atoms with Crippen molar-refractivity contribution in [2.45, 2.75) is 30.4 Å². The molecule has 124 valence electrons. The highest BCUT2D eigenvalue weighted by molar-refractivity contribution is 8.00. The van der Waals surface area contributed by atoms with Gasteiger partial charge in [0.25, 0.3) is 0 Å². The number of rotatable bonds is 8. The molecule has 0 fully saturated rings. The molecule has 3 N–H and O–H groups in total. The summed E-state index contributed by atoms with van der Waals surface area (Å²) in [5.41, 5.74) is 0.760. The van der Waals surface area contributed by atoms with Crippen LogP contribution in [0.25, 0.3) is 0 Å². The van der Waals surface area contributed by atoms with Crippen molar-refractivity contribution < 1.29 is 9.59 Å². The van der Waals surface area contributed by atoms with Crippen molar-refractivity contribution in [2.75, 3.05) is 25.5 Å². The second-order valence-electron chi connectivity index (χ2n) is 4.71. The molecule has 1 aromatic rings. The van der Waals surface area contributed by atoms with Crippen LogP contribution >= 0.6 is 24.2 Å². The molecule has 1 atom stereocenters. The number of thioether (sulfide) groups is 1. The summed E-state index contributed by atoms with van der Waals surface area (Å²) < 4.78 is 0. The zero-order chi connectivity index (χ0) is 15.7. The molecule has 0 aliphatic heterocycles. The van der Waals surface area contributed by atoms with Crippen molar-refractivity contribution in [1.82, 2.24) is 10.6 Å². The minimum absolute atomic E-state index is 0. The van der Waals surface area contributed by atoms with Gasteiger partial charge in [-0.1, -0.05) is 0 Å². The quantitative estimate of drug-likeness (QED) is 0.499. The van der Waals surface area contributed by atoms with Crippen molar-refractivity contribution in [1.29, 1.82) is 0 Å². The lowest BCUT2D eigenvalue weighted by Crippen LogP contribution is -2.32. The lowest BCUT2D eigenvalue weighted by Gasteiger charge is -2.12. The lowest BCUT2D eigenvalue weighted by molar-refractivity contribution is -0.120. The Balaban J connectivity index is 0.00000441. The number of anilines is 1. The number of carbonyl (C=O) groups is 2. The number of hydrogen-bond acceptors (Lipinski definition) is 4. The number of amides is 2. The maximum Gasteiger partial charge on any atom is 0.233 e. The van der Waals surface area contributed by atoms with Crippen molar-refractivity contribution in [3.8, 4) is 0 Å². The highest BCUT2D eigenvalue weighted by atomic mass is 35.5. The lowest BCUT2D eigenvalue weighted by atomic mass is 10.3. The summed E-state index contributed by atoms with van der Waals surface area (Å²) in [5.74, 6) is -0.0493. The van der Waals surface area contributed by atoms with E-state index in [-0.39, 0.29) is 29.5 Å². The van der Waals surface area contributed by atoms with Gasteiger partial charge in [0.1, 0.15) is 0 Å². The summed E-state index contributed by atoms with van der Waals surface area (Å²) >= 11 is 1.50. The van der Waals surface area contributed by atoms with Crippen LogP contribution in [-0.2, 0) is 9.59 Å². The number of benzene rings is 1. The van der Waals surface area contributed by atoms with Gasteiger partial charge in [0.2, 0.25) is 11.8 Å². The molecule has 2 amide bonds. The maximum absolute atomic E-state index is 11.9. The van der Waals surface area contributed by atoms with Crippen LogP contribution in [0.3, 0.4) is 0 Å². The Morgan fingerprint density at radius 2 is 1.82 bits per heavy atom. The molecule has 22 heavy (non-hydrogen) atoms. The van der Waals surface area contributed by atoms with Gasteiger partial charge in [-0.15, -0.1) is 24.2 Å². The highest BCUT2D eigenvalue weighted by Gasteiger charge is 2.13. The van der Waals surface area contributed by atoms with Crippen LogP contribution in [0.5, 0.6) is 0 Å². The molecule has 0 aliphatic carbocycles. The second kappa shape index (κ2) is 11.3. The van der Waals surface area contributed by atoms with E-state index in [1.165, 1.54) is 18.7 Å². The molecule has 0 bridgehead atoms. The van der Waals surface area contributed by atoms with Crippen LogP contribution in [0.15, 0.2) is 29.2 Å². The summed E-state index contributed by atoms with van der Waals surface area (Å²) in [6.45, 7) is 4.95. The van der Waals surface area contributed by atoms with Gasteiger partial charge in [0, 0.05) is 24.1 Å². The highest BCUT2D eigenvalue weighted by Crippen LogP contribution is 2.24. The standard InChI is InChI=1S/C15H23N3O2S.ClH/c1-11(15(20)17-10-4-9-16-3)21-14-7-5-13(6-8-14)18-12(2)19;/h5-8,11,16H,4,9-10H2,1-3H3,(H,17,20)(H,18,19);1H. The molecule has 1 rings (SSSR count). The van der Waals surface area contributed by atoms with Crippen LogP contribution in [-0.4, -0.2) is 37.2 Å². The summed E-state index contributed by atoms with van der Waals surface area (Å²) in [6.07, 6.45) is 0.922. The van der Waals surface area contributed by atoms with Gasteiger partial charge in [0.15, 0.2) is 0 Å². The average molecular weight is 346 g/mol. The van der Waals surface area contributed by atoms with Gasteiger partial charge in [-0.2, -0.15) is 0 Å². The predicted molar refractivity (Wildman–Crippen MR) is 94.9 cm³/mol. The zero-order valence-corrected chi connectivity index (χ0v) is 14.8. The molecule has 0 spiro atoms.